The lowest BCUT2D eigenvalue weighted by atomic mass is 9.75. The Labute approximate surface area is 115 Å². The second-order valence-electron chi connectivity index (χ2n) is 5.98. The predicted molar refractivity (Wildman–Crippen MR) is 81.1 cm³/mol. The van der Waals surface area contributed by atoms with Crippen molar-refractivity contribution in [3.63, 3.8) is 0 Å². The van der Waals surface area contributed by atoms with Gasteiger partial charge in [-0.05, 0) is 51.6 Å². The molecule has 2 nitrogen and oxygen atoms in total. The molecule has 0 aromatic heterocycles. The fraction of sp³-hybridized carbons (Fsp3) is 1.00. The van der Waals surface area contributed by atoms with Crippen molar-refractivity contribution in [2.45, 2.75) is 79.2 Å². The van der Waals surface area contributed by atoms with E-state index < -0.39 is 0 Å². The van der Waals surface area contributed by atoms with Gasteiger partial charge in [0.05, 0.1) is 12.2 Å². The van der Waals surface area contributed by atoms with E-state index >= 15 is 0 Å². The molecule has 0 aromatic rings. The molecule has 0 aliphatic carbocycles. The minimum atomic E-state index is 0.136. The first-order valence-corrected chi connectivity index (χ1v) is 7.88. The molecule has 0 atom stereocenters. The predicted octanol–water partition coefficient (Wildman–Crippen LogP) is 4.39. The molecular weight excluding hydrogens is 222 g/mol. The van der Waals surface area contributed by atoms with Gasteiger partial charge in [0.15, 0.2) is 0 Å². The SMILES string of the molecule is CC.CC1(C)CC2(CCNCC2)CO1.CCCC. The summed E-state index contributed by atoms with van der Waals surface area (Å²) in [6.45, 7) is 16.1. The summed E-state index contributed by atoms with van der Waals surface area (Å²) in [6, 6.07) is 0. The van der Waals surface area contributed by atoms with Crippen LogP contribution in [0, 0.1) is 5.41 Å². The molecule has 1 spiro atoms. The molecule has 1 N–H and O–H groups in total. The van der Waals surface area contributed by atoms with Gasteiger partial charge in [-0.15, -0.1) is 0 Å². The second kappa shape index (κ2) is 8.92. The zero-order chi connectivity index (χ0) is 14.1. The molecule has 2 heterocycles. The van der Waals surface area contributed by atoms with Gasteiger partial charge in [0.25, 0.3) is 0 Å². The van der Waals surface area contributed by atoms with Crippen LogP contribution in [0.4, 0.5) is 0 Å². The van der Waals surface area contributed by atoms with E-state index in [-0.39, 0.29) is 5.60 Å². The van der Waals surface area contributed by atoms with E-state index in [1.807, 2.05) is 13.8 Å². The summed E-state index contributed by atoms with van der Waals surface area (Å²) in [7, 11) is 0. The Hall–Kier alpha value is -0.0800. The lowest BCUT2D eigenvalue weighted by Crippen LogP contribution is -2.37. The summed E-state index contributed by atoms with van der Waals surface area (Å²) in [5.41, 5.74) is 0.659. The van der Waals surface area contributed by atoms with Gasteiger partial charge in [-0.1, -0.05) is 40.5 Å². The second-order valence-corrected chi connectivity index (χ2v) is 5.98. The molecule has 0 amide bonds. The lowest BCUT2D eigenvalue weighted by molar-refractivity contribution is 0.0291. The first-order chi connectivity index (χ1) is 8.54. The Morgan fingerprint density at radius 3 is 1.83 bits per heavy atom. The smallest absolute Gasteiger partial charge is 0.0633 e. The van der Waals surface area contributed by atoms with E-state index in [1.54, 1.807) is 0 Å². The summed E-state index contributed by atoms with van der Waals surface area (Å²) < 4.78 is 5.81. The van der Waals surface area contributed by atoms with Crippen molar-refractivity contribution in [2.24, 2.45) is 5.41 Å². The minimum absolute atomic E-state index is 0.136. The van der Waals surface area contributed by atoms with Crippen LogP contribution < -0.4 is 5.32 Å². The van der Waals surface area contributed by atoms with Crippen LogP contribution in [0.15, 0.2) is 0 Å². The first-order valence-electron chi connectivity index (χ1n) is 7.88. The summed E-state index contributed by atoms with van der Waals surface area (Å²) in [6.07, 6.45) is 6.49. The highest BCUT2D eigenvalue weighted by atomic mass is 16.5. The van der Waals surface area contributed by atoms with E-state index in [2.05, 4.69) is 33.0 Å². The molecule has 110 valence electrons. The number of ether oxygens (including phenoxy) is 1. The van der Waals surface area contributed by atoms with Gasteiger partial charge in [0.2, 0.25) is 0 Å². The van der Waals surface area contributed by atoms with Crippen molar-refractivity contribution >= 4 is 0 Å². The minimum Gasteiger partial charge on any atom is -0.375 e. The summed E-state index contributed by atoms with van der Waals surface area (Å²) in [5.74, 6) is 0. The zero-order valence-electron chi connectivity index (χ0n) is 13.6. The normalized spacial score (nSPS) is 23.7. The molecule has 2 aliphatic rings. The largest absolute Gasteiger partial charge is 0.375 e. The van der Waals surface area contributed by atoms with Crippen LogP contribution in [-0.4, -0.2) is 25.3 Å². The van der Waals surface area contributed by atoms with Crippen LogP contribution in [0.25, 0.3) is 0 Å². The number of nitrogens with one attached hydrogen (secondary N) is 1. The Balaban J connectivity index is 0.000000415. The van der Waals surface area contributed by atoms with Crippen LogP contribution in [0.5, 0.6) is 0 Å². The van der Waals surface area contributed by atoms with Crippen molar-refractivity contribution in [1.82, 2.24) is 5.32 Å². The van der Waals surface area contributed by atoms with E-state index in [4.69, 9.17) is 4.74 Å². The van der Waals surface area contributed by atoms with E-state index in [1.165, 1.54) is 45.2 Å². The molecule has 2 rings (SSSR count). The maximum atomic E-state index is 5.81. The molecule has 0 aromatic carbocycles. The van der Waals surface area contributed by atoms with Gasteiger partial charge < -0.3 is 10.1 Å². The molecule has 2 heteroatoms. The topological polar surface area (TPSA) is 21.3 Å². The average Bonchev–Trinajstić information content (AvgIpc) is 2.68. The number of hydrogen-bond acceptors (Lipinski definition) is 2. The summed E-state index contributed by atoms with van der Waals surface area (Å²) in [4.78, 5) is 0. The summed E-state index contributed by atoms with van der Waals surface area (Å²) in [5, 5.41) is 3.41. The number of unbranched alkanes of at least 4 members (excludes halogenated alkanes) is 1. The number of hydrogen-bond donors (Lipinski definition) is 1. The fourth-order valence-corrected chi connectivity index (χ4v) is 2.63. The highest BCUT2D eigenvalue weighted by Crippen LogP contribution is 2.44. The van der Waals surface area contributed by atoms with Crippen molar-refractivity contribution in [3.05, 3.63) is 0 Å². The van der Waals surface area contributed by atoms with E-state index in [0.717, 1.165) is 6.61 Å². The van der Waals surface area contributed by atoms with Gasteiger partial charge in [-0.25, -0.2) is 0 Å². The fourth-order valence-electron chi connectivity index (χ4n) is 2.63. The monoisotopic (exact) mass is 257 g/mol. The van der Waals surface area contributed by atoms with Crippen LogP contribution in [0.2, 0.25) is 0 Å². The van der Waals surface area contributed by atoms with Crippen molar-refractivity contribution in [1.29, 1.82) is 0 Å². The quantitative estimate of drug-likeness (QED) is 0.752. The van der Waals surface area contributed by atoms with Gasteiger partial charge in [0.1, 0.15) is 0 Å². The van der Waals surface area contributed by atoms with Crippen LogP contribution in [-0.2, 0) is 4.74 Å². The first kappa shape index (κ1) is 17.9. The third kappa shape index (κ3) is 6.19. The Morgan fingerprint density at radius 1 is 1.00 bits per heavy atom. The molecule has 2 fully saturated rings. The van der Waals surface area contributed by atoms with Gasteiger partial charge in [-0.2, -0.15) is 0 Å². The van der Waals surface area contributed by atoms with Crippen molar-refractivity contribution in [3.8, 4) is 0 Å². The molecule has 2 aliphatic heterocycles. The third-order valence-corrected chi connectivity index (χ3v) is 3.73. The molecule has 0 saturated carbocycles. The Bertz CT molecular complexity index is 193. The molecular formula is C16H35NO. The van der Waals surface area contributed by atoms with Gasteiger partial charge in [0, 0.05) is 0 Å². The van der Waals surface area contributed by atoms with Crippen molar-refractivity contribution in [2.75, 3.05) is 19.7 Å². The number of piperidine rings is 1. The van der Waals surface area contributed by atoms with Crippen molar-refractivity contribution < 1.29 is 4.74 Å². The van der Waals surface area contributed by atoms with Crippen LogP contribution in [0.1, 0.15) is 73.6 Å². The van der Waals surface area contributed by atoms with Crippen LogP contribution in [0.3, 0.4) is 0 Å². The van der Waals surface area contributed by atoms with Crippen LogP contribution >= 0.6 is 0 Å². The highest BCUT2D eigenvalue weighted by molar-refractivity contribution is 4.95. The van der Waals surface area contributed by atoms with E-state index in [9.17, 15) is 0 Å². The Morgan fingerprint density at radius 2 is 1.50 bits per heavy atom. The molecule has 0 unspecified atom stereocenters. The maximum Gasteiger partial charge on any atom is 0.0633 e. The zero-order valence-corrected chi connectivity index (χ0v) is 13.6. The lowest BCUT2D eigenvalue weighted by Gasteiger charge is -2.32. The summed E-state index contributed by atoms with van der Waals surface area (Å²) >= 11 is 0. The van der Waals surface area contributed by atoms with Gasteiger partial charge >= 0.3 is 0 Å². The average molecular weight is 257 g/mol. The maximum absolute atomic E-state index is 5.81. The standard InChI is InChI=1S/C10H19NO.C4H10.C2H6/c1-9(2)7-10(8-12-9)3-5-11-6-4-10;1-3-4-2;1-2/h11H,3-8H2,1-2H3;3-4H2,1-2H3;1-2H3. The highest BCUT2D eigenvalue weighted by Gasteiger charge is 2.44. The number of rotatable bonds is 1. The molecule has 2 saturated heterocycles. The molecule has 0 radical (unpaired) electrons. The Kier molecular flexibility index (Phi) is 8.89. The molecule has 0 bridgehead atoms. The van der Waals surface area contributed by atoms with Gasteiger partial charge in [-0.3, -0.25) is 0 Å². The molecule has 18 heavy (non-hydrogen) atoms. The third-order valence-electron chi connectivity index (χ3n) is 3.73. The van der Waals surface area contributed by atoms with E-state index in [0.29, 0.717) is 5.41 Å².